The van der Waals surface area contributed by atoms with E-state index in [1.165, 1.54) is 0 Å². The number of imide groups is 1. The highest BCUT2D eigenvalue weighted by atomic mass is 32.2. The molecule has 23 heavy (non-hydrogen) atoms. The topological polar surface area (TPSA) is 95.4 Å². The number of nitrogens with zero attached hydrogens (tertiary/aromatic N) is 3. The van der Waals surface area contributed by atoms with Gasteiger partial charge in [0.1, 0.15) is 0 Å². The molecule has 2 aliphatic rings. The second-order valence-corrected chi connectivity index (χ2v) is 6.59. The Balaban J connectivity index is 1.70. The van der Waals surface area contributed by atoms with Crippen LogP contribution in [0, 0.1) is 5.92 Å². The number of carbonyl (C=O) groups is 2. The van der Waals surface area contributed by atoms with Crippen molar-refractivity contribution in [1.29, 1.82) is 0 Å². The number of carbonyl (C=O) groups excluding carboxylic acids is 2. The van der Waals surface area contributed by atoms with Crippen LogP contribution >= 0.6 is 11.8 Å². The molecule has 3 rings (SSSR count). The lowest BCUT2D eigenvalue weighted by Crippen LogP contribution is -2.35. The summed E-state index contributed by atoms with van der Waals surface area (Å²) in [6.07, 6.45) is 6.15. The summed E-state index contributed by atoms with van der Waals surface area (Å²) in [6, 6.07) is 1.71. The molecule has 2 fully saturated rings. The molecule has 0 spiro atoms. The van der Waals surface area contributed by atoms with Crippen LogP contribution in [0.2, 0.25) is 0 Å². The van der Waals surface area contributed by atoms with Crippen molar-refractivity contribution in [1.82, 2.24) is 15.3 Å². The number of rotatable bonds is 4. The highest BCUT2D eigenvalue weighted by molar-refractivity contribution is 8.18. The van der Waals surface area contributed by atoms with Crippen LogP contribution < -0.4 is 10.2 Å². The van der Waals surface area contributed by atoms with E-state index >= 15 is 0 Å². The lowest BCUT2D eigenvalue weighted by atomic mass is 9.94. The predicted octanol–water partition coefficient (Wildman–Crippen LogP) is 1.40. The molecule has 0 unspecified atom stereocenters. The zero-order valence-electron chi connectivity index (χ0n) is 12.6. The Kier molecular flexibility index (Phi) is 4.92. The normalized spacial score (nSPS) is 21.1. The summed E-state index contributed by atoms with van der Waals surface area (Å²) in [5.74, 6) is 0.813. The Bertz CT molecular complexity index is 641. The molecule has 2 N–H and O–H groups in total. The molecule has 8 heteroatoms. The molecule has 1 aromatic rings. The van der Waals surface area contributed by atoms with Crippen molar-refractivity contribution >= 4 is 34.9 Å². The number of amides is 2. The van der Waals surface area contributed by atoms with Crippen LogP contribution in [0.15, 0.2) is 17.2 Å². The van der Waals surface area contributed by atoms with Crippen LogP contribution in [-0.4, -0.2) is 45.9 Å². The van der Waals surface area contributed by atoms with Crippen LogP contribution in [0.25, 0.3) is 6.08 Å². The molecule has 2 amide bonds. The van der Waals surface area contributed by atoms with E-state index in [0.717, 1.165) is 44.1 Å². The molecule has 0 radical (unpaired) electrons. The van der Waals surface area contributed by atoms with Crippen LogP contribution in [-0.2, 0) is 4.79 Å². The third kappa shape index (κ3) is 3.89. The fourth-order valence-corrected chi connectivity index (χ4v) is 3.42. The first-order chi connectivity index (χ1) is 11.2. The molecule has 0 saturated carbocycles. The number of hydrogen-bond donors (Lipinski definition) is 2. The number of piperidine rings is 1. The molecule has 0 bridgehead atoms. The number of hydrogen-bond acceptors (Lipinski definition) is 7. The molecular formula is C15H18N4O3S. The summed E-state index contributed by atoms with van der Waals surface area (Å²) in [6.45, 7) is 1.96. The fourth-order valence-electron chi connectivity index (χ4n) is 2.75. The van der Waals surface area contributed by atoms with Gasteiger partial charge in [-0.25, -0.2) is 9.97 Å². The number of aliphatic hydroxyl groups excluding tert-OH is 1. The van der Waals surface area contributed by atoms with Crippen molar-refractivity contribution in [2.75, 3.05) is 24.6 Å². The average molecular weight is 334 g/mol. The Morgan fingerprint density at radius 3 is 2.83 bits per heavy atom. The molecule has 7 nitrogen and oxygen atoms in total. The first kappa shape index (κ1) is 15.9. The van der Waals surface area contributed by atoms with E-state index in [9.17, 15) is 9.59 Å². The van der Waals surface area contributed by atoms with Crippen LogP contribution in [0.3, 0.4) is 0 Å². The van der Waals surface area contributed by atoms with Gasteiger partial charge in [0, 0.05) is 25.9 Å². The maximum absolute atomic E-state index is 11.6. The lowest BCUT2D eigenvalue weighted by molar-refractivity contribution is -0.115. The van der Waals surface area contributed by atoms with Crippen molar-refractivity contribution < 1.29 is 14.7 Å². The molecule has 122 valence electrons. The Morgan fingerprint density at radius 2 is 2.17 bits per heavy atom. The van der Waals surface area contributed by atoms with E-state index < -0.39 is 0 Å². The minimum absolute atomic E-state index is 0.239. The smallest absolute Gasteiger partial charge is 0.290 e. The number of aromatic nitrogens is 2. The van der Waals surface area contributed by atoms with Gasteiger partial charge in [0.25, 0.3) is 11.1 Å². The molecule has 2 saturated heterocycles. The summed E-state index contributed by atoms with van der Waals surface area (Å²) < 4.78 is 0. The van der Waals surface area contributed by atoms with Crippen molar-refractivity contribution in [3.8, 4) is 0 Å². The highest BCUT2D eigenvalue weighted by Gasteiger charge is 2.25. The predicted molar refractivity (Wildman–Crippen MR) is 87.8 cm³/mol. The third-order valence-corrected chi connectivity index (χ3v) is 4.83. The minimum atomic E-state index is -0.384. The van der Waals surface area contributed by atoms with Crippen molar-refractivity contribution in [3.63, 3.8) is 0 Å². The lowest BCUT2D eigenvalue weighted by Gasteiger charge is -2.31. The minimum Gasteiger partial charge on any atom is -0.396 e. The van der Waals surface area contributed by atoms with Gasteiger partial charge in [0.15, 0.2) is 0 Å². The number of anilines is 1. The van der Waals surface area contributed by atoms with Gasteiger partial charge < -0.3 is 10.0 Å². The molecule has 2 aliphatic heterocycles. The molecule has 1 aromatic heterocycles. The Hall–Kier alpha value is -1.93. The van der Waals surface area contributed by atoms with E-state index in [2.05, 4.69) is 20.2 Å². The first-order valence-electron chi connectivity index (χ1n) is 7.59. The van der Waals surface area contributed by atoms with Gasteiger partial charge in [-0.15, -0.1) is 0 Å². The highest BCUT2D eigenvalue weighted by Crippen LogP contribution is 2.26. The number of nitrogens with one attached hydrogen (secondary N) is 1. The average Bonchev–Trinajstić information content (AvgIpc) is 2.86. The summed E-state index contributed by atoms with van der Waals surface area (Å²) >= 11 is 0.880. The fraction of sp³-hybridized carbons (Fsp3) is 0.467. The largest absolute Gasteiger partial charge is 0.396 e. The zero-order valence-corrected chi connectivity index (χ0v) is 13.4. The summed E-state index contributed by atoms with van der Waals surface area (Å²) in [5, 5.41) is 10.9. The second kappa shape index (κ2) is 7.10. The zero-order chi connectivity index (χ0) is 16.2. The molecular weight excluding hydrogens is 316 g/mol. The van der Waals surface area contributed by atoms with E-state index in [-0.39, 0.29) is 17.8 Å². The number of aliphatic hydroxyl groups is 1. The van der Waals surface area contributed by atoms with E-state index in [4.69, 9.17) is 5.11 Å². The molecule has 3 heterocycles. The Labute approximate surface area is 138 Å². The van der Waals surface area contributed by atoms with Crippen LogP contribution in [0.4, 0.5) is 10.7 Å². The van der Waals surface area contributed by atoms with Crippen LogP contribution in [0.5, 0.6) is 0 Å². The SMILES string of the molecule is O=C1NC(=O)C(=Cc2ccnc(N3CCC(CCO)CC3)n2)S1. The van der Waals surface area contributed by atoms with Crippen molar-refractivity contribution in [2.24, 2.45) is 5.92 Å². The molecule has 0 aromatic carbocycles. The van der Waals surface area contributed by atoms with Gasteiger partial charge >= 0.3 is 0 Å². The third-order valence-electron chi connectivity index (χ3n) is 4.02. The second-order valence-electron chi connectivity index (χ2n) is 5.58. The maximum Gasteiger partial charge on any atom is 0.290 e. The van der Waals surface area contributed by atoms with E-state index in [1.54, 1.807) is 18.3 Å². The number of thioether (sulfide) groups is 1. The van der Waals surface area contributed by atoms with E-state index in [1.807, 2.05) is 0 Å². The van der Waals surface area contributed by atoms with Gasteiger partial charge in [0.2, 0.25) is 5.95 Å². The van der Waals surface area contributed by atoms with Gasteiger partial charge in [0.05, 0.1) is 10.6 Å². The van der Waals surface area contributed by atoms with Gasteiger partial charge in [-0.05, 0) is 49.1 Å². The quantitative estimate of drug-likeness (QED) is 0.804. The van der Waals surface area contributed by atoms with Gasteiger partial charge in [-0.3, -0.25) is 14.9 Å². The summed E-state index contributed by atoms with van der Waals surface area (Å²) in [7, 11) is 0. The summed E-state index contributed by atoms with van der Waals surface area (Å²) in [5.41, 5.74) is 0.611. The van der Waals surface area contributed by atoms with Gasteiger partial charge in [-0.2, -0.15) is 0 Å². The van der Waals surface area contributed by atoms with Gasteiger partial charge in [-0.1, -0.05) is 0 Å². The van der Waals surface area contributed by atoms with Crippen LogP contribution in [0.1, 0.15) is 25.0 Å². The molecule has 0 atom stereocenters. The standard InChI is InChI=1S/C15H18N4O3S/c20-8-4-10-2-6-19(7-3-10)14-16-5-1-11(17-14)9-12-13(21)18-15(22)23-12/h1,5,9-10,20H,2-4,6-8H2,(H,18,21,22). The van der Waals surface area contributed by atoms with Crippen molar-refractivity contribution in [3.05, 3.63) is 22.9 Å². The van der Waals surface area contributed by atoms with E-state index in [0.29, 0.717) is 22.5 Å². The molecule has 0 aliphatic carbocycles. The first-order valence-corrected chi connectivity index (χ1v) is 8.41. The monoisotopic (exact) mass is 334 g/mol. The summed E-state index contributed by atoms with van der Waals surface area (Å²) in [4.78, 5) is 34.0. The maximum atomic E-state index is 11.6. The Morgan fingerprint density at radius 1 is 1.39 bits per heavy atom. The van der Waals surface area contributed by atoms with Crippen molar-refractivity contribution in [2.45, 2.75) is 19.3 Å².